The molecule has 1 atom stereocenters. The number of para-hydroxylation sites is 1. The fourth-order valence-electron chi connectivity index (χ4n) is 1.98. The summed E-state index contributed by atoms with van der Waals surface area (Å²) in [5.74, 6) is -1.17. The molecular weight excluding hydrogens is 274 g/mol. The molecule has 116 valence electrons. The van der Waals surface area contributed by atoms with Gasteiger partial charge in [0.25, 0.3) is 0 Å². The average molecular weight is 296 g/mol. The van der Waals surface area contributed by atoms with E-state index in [1.165, 1.54) is 7.11 Å². The first kappa shape index (κ1) is 17.0. The maximum absolute atomic E-state index is 12.2. The van der Waals surface area contributed by atoms with E-state index in [0.29, 0.717) is 16.8 Å². The zero-order valence-corrected chi connectivity index (χ0v) is 12.8. The number of ether oxygens (including phenoxy) is 2. The van der Waals surface area contributed by atoms with Crippen LogP contribution < -0.4 is 4.74 Å². The van der Waals surface area contributed by atoms with E-state index in [4.69, 9.17) is 14.6 Å². The average Bonchev–Trinajstić information content (AvgIpc) is 2.35. The predicted octanol–water partition coefficient (Wildman–Crippen LogP) is 1.40. The second kappa shape index (κ2) is 7.08. The molecule has 0 aliphatic rings. The van der Waals surface area contributed by atoms with Crippen molar-refractivity contribution in [2.24, 2.45) is 0 Å². The highest BCUT2D eigenvalue weighted by Crippen LogP contribution is 2.19. The number of likely N-dealkylation sites (N-methyl/N-ethyl adjacent to an activating group) is 1. The first-order valence-electron chi connectivity index (χ1n) is 6.59. The van der Waals surface area contributed by atoms with Gasteiger partial charge in [-0.25, -0.2) is 4.79 Å². The van der Waals surface area contributed by atoms with Crippen molar-refractivity contribution in [2.45, 2.75) is 12.5 Å². The highest BCUT2D eigenvalue weighted by Gasteiger charge is 2.26. The first-order chi connectivity index (χ1) is 9.73. The largest absolute Gasteiger partial charge is 0.496 e. The summed E-state index contributed by atoms with van der Waals surface area (Å²) < 4.78 is 11.0. The summed E-state index contributed by atoms with van der Waals surface area (Å²) >= 11 is 0. The zero-order valence-electron chi connectivity index (χ0n) is 12.8. The lowest BCUT2D eigenvalue weighted by atomic mass is 10.2. The number of quaternary nitrogens is 1. The molecule has 0 amide bonds. The third kappa shape index (κ3) is 5.83. The normalized spacial score (nSPS) is 12.6. The first-order valence-corrected chi connectivity index (χ1v) is 6.59. The maximum atomic E-state index is 12.2. The van der Waals surface area contributed by atoms with E-state index >= 15 is 0 Å². The number of hydrogen-bond acceptors (Lipinski definition) is 4. The van der Waals surface area contributed by atoms with Crippen LogP contribution in [0.5, 0.6) is 5.75 Å². The van der Waals surface area contributed by atoms with Gasteiger partial charge in [0, 0.05) is 0 Å². The number of carboxylic acid groups (broad SMARTS) is 1. The smallest absolute Gasteiger partial charge is 0.342 e. The van der Waals surface area contributed by atoms with Gasteiger partial charge in [0.15, 0.2) is 6.10 Å². The molecule has 1 aromatic carbocycles. The Bertz CT molecular complexity index is 507. The van der Waals surface area contributed by atoms with Crippen LogP contribution in [0, 0.1) is 0 Å². The Balaban J connectivity index is 2.86. The number of methoxy groups -OCH3 is 1. The predicted molar refractivity (Wildman–Crippen MR) is 77.3 cm³/mol. The number of benzene rings is 1. The zero-order chi connectivity index (χ0) is 16.0. The number of esters is 1. The molecule has 0 aliphatic heterocycles. The number of rotatable bonds is 7. The molecule has 0 radical (unpaired) electrons. The third-order valence-electron chi connectivity index (χ3n) is 2.75. The highest BCUT2D eigenvalue weighted by atomic mass is 16.5. The van der Waals surface area contributed by atoms with Crippen LogP contribution in [0.2, 0.25) is 0 Å². The molecule has 0 aromatic heterocycles. The Hall–Kier alpha value is -2.08. The van der Waals surface area contributed by atoms with E-state index < -0.39 is 18.0 Å². The van der Waals surface area contributed by atoms with E-state index in [1.54, 1.807) is 24.3 Å². The molecule has 6 nitrogen and oxygen atoms in total. The molecule has 21 heavy (non-hydrogen) atoms. The Morgan fingerprint density at radius 1 is 1.24 bits per heavy atom. The van der Waals surface area contributed by atoms with Gasteiger partial charge >= 0.3 is 11.9 Å². The van der Waals surface area contributed by atoms with E-state index in [9.17, 15) is 9.59 Å². The second-order valence-electron chi connectivity index (χ2n) is 5.80. The maximum Gasteiger partial charge on any atom is 0.342 e. The minimum Gasteiger partial charge on any atom is -0.496 e. The number of carbonyl (C=O) groups excluding carboxylic acids is 1. The summed E-state index contributed by atoms with van der Waals surface area (Å²) in [6.07, 6.45) is -0.920. The van der Waals surface area contributed by atoms with Crippen LogP contribution in [0.1, 0.15) is 16.8 Å². The number of nitrogens with zero attached hydrogens (tertiary/aromatic N) is 1. The van der Waals surface area contributed by atoms with Crippen LogP contribution in [0.15, 0.2) is 24.3 Å². The quantitative estimate of drug-likeness (QED) is 0.608. The minimum absolute atomic E-state index is 0.226. The molecule has 1 rings (SSSR count). The van der Waals surface area contributed by atoms with Crippen LogP contribution in [0.4, 0.5) is 0 Å². The van der Waals surface area contributed by atoms with Crippen LogP contribution in [0.25, 0.3) is 0 Å². The number of carbonyl (C=O) groups is 2. The van der Waals surface area contributed by atoms with E-state index in [0.717, 1.165) is 0 Å². The van der Waals surface area contributed by atoms with E-state index in [2.05, 4.69) is 0 Å². The molecule has 0 saturated carbocycles. The highest BCUT2D eigenvalue weighted by molar-refractivity contribution is 5.92. The summed E-state index contributed by atoms with van der Waals surface area (Å²) in [6.45, 7) is 0.410. The van der Waals surface area contributed by atoms with Crippen LogP contribution in [0.3, 0.4) is 0 Å². The van der Waals surface area contributed by atoms with Crippen molar-refractivity contribution in [3.8, 4) is 5.75 Å². The van der Waals surface area contributed by atoms with Crippen LogP contribution in [-0.2, 0) is 9.53 Å². The van der Waals surface area contributed by atoms with Gasteiger partial charge in [-0.05, 0) is 12.1 Å². The number of aliphatic carboxylic acids is 1. The lowest BCUT2D eigenvalue weighted by Crippen LogP contribution is -2.43. The van der Waals surface area contributed by atoms with Crippen molar-refractivity contribution in [3.05, 3.63) is 29.8 Å². The molecular formula is C15H22NO5+. The van der Waals surface area contributed by atoms with Crippen LogP contribution in [-0.4, -0.2) is 62.4 Å². The van der Waals surface area contributed by atoms with Gasteiger partial charge in [0.1, 0.15) is 17.9 Å². The monoisotopic (exact) mass is 296 g/mol. The van der Waals surface area contributed by atoms with Gasteiger partial charge in [-0.15, -0.1) is 0 Å². The van der Waals surface area contributed by atoms with Crippen molar-refractivity contribution in [1.29, 1.82) is 0 Å². The molecule has 0 fully saturated rings. The molecule has 0 bridgehead atoms. The molecule has 0 heterocycles. The summed E-state index contributed by atoms with van der Waals surface area (Å²) in [4.78, 5) is 23.1. The Morgan fingerprint density at radius 3 is 2.38 bits per heavy atom. The Kier molecular flexibility index (Phi) is 5.72. The van der Waals surface area contributed by atoms with Crippen molar-refractivity contribution < 1.29 is 28.7 Å². The molecule has 6 heteroatoms. The fourth-order valence-corrected chi connectivity index (χ4v) is 1.98. The molecule has 0 aliphatic carbocycles. The van der Waals surface area contributed by atoms with Crippen molar-refractivity contribution in [1.82, 2.24) is 0 Å². The summed E-state index contributed by atoms with van der Waals surface area (Å²) in [6, 6.07) is 6.69. The standard InChI is InChI=1S/C15H21NO5/c1-16(2,3)10-11(9-14(17)18)21-15(19)12-7-5-6-8-13(12)20-4/h5-8,11H,9-10H2,1-4H3/p+1/t11-/m0/s1. The summed E-state index contributed by atoms with van der Waals surface area (Å²) in [5.41, 5.74) is 0.289. The van der Waals surface area contributed by atoms with Gasteiger partial charge in [-0.1, -0.05) is 12.1 Å². The van der Waals surface area contributed by atoms with Gasteiger partial charge < -0.3 is 19.1 Å². The lowest BCUT2D eigenvalue weighted by Gasteiger charge is -2.28. The number of hydrogen-bond donors (Lipinski definition) is 1. The molecule has 0 saturated heterocycles. The van der Waals surface area contributed by atoms with Gasteiger partial charge in [-0.2, -0.15) is 0 Å². The fraction of sp³-hybridized carbons (Fsp3) is 0.467. The van der Waals surface area contributed by atoms with Gasteiger partial charge in [0.05, 0.1) is 34.7 Å². The van der Waals surface area contributed by atoms with Crippen molar-refractivity contribution >= 4 is 11.9 Å². The molecule has 0 spiro atoms. The van der Waals surface area contributed by atoms with Crippen LogP contribution >= 0.6 is 0 Å². The summed E-state index contributed by atoms with van der Waals surface area (Å²) in [5, 5.41) is 8.94. The van der Waals surface area contributed by atoms with E-state index in [-0.39, 0.29) is 12.0 Å². The van der Waals surface area contributed by atoms with E-state index in [1.807, 2.05) is 21.1 Å². The SMILES string of the molecule is COc1ccccc1C(=O)O[C@@H](CC(=O)O)C[N+](C)(C)C. The Morgan fingerprint density at radius 2 is 1.86 bits per heavy atom. The summed E-state index contributed by atoms with van der Waals surface area (Å²) in [7, 11) is 7.19. The molecule has 1 N–H and O–H groups in total. The molecule has 0 unspecified atom stereocenters. The topological polar surface area (TPSA) is 72.8 Å². The Labute approximate surface area is 124 Å². The van der Waals surface area contributed by atoms with Crippen molar-refractivity contribution in [3.63, 3.8) is 0 Å². The third-order valence-corrected chi connectivity index (χ3v) is 2.75. The number of carboxylic acids is 1. The molecule has 1 aromatic rings. The van der Waals surface area contributed by atoms with Crippen molar-refractivity contribution in [2.75, 3.05) is 34.8 Å². The minimum atomic E-state index is -0.999. The lowest BCUT2D eigenvalue weighted by molar-refractivity contribution is -0.873. The second-order valence-corrected chi connectivity index (χ2v) is 5.80. The van der Waals surface area contributed by atoms with Gasteiger partial charge in [0.2, 0.25) is 0 Å². The van der Waals surface area contributed by atoms with Gasteiger partial charge in [-0.3, -0.25) is 4.79 Å².